The summed E-state index contributed by atoms with van der Waals surface area (Å²) in [6.07, 6.45) is 6.26. The maximum Gasteiger partial charge on any atom is 0.257 e. The van der Waals surface area contributed by atoms with Crippen LogP contribution in [-0.4, -0.2) is 47.3 Å². The standard InChI is InChI=1S/C20H26N4O.ClH/c1-21-13-15-9-11-23(12-10-15)20(25)18-14-22-24(19(18)16-7-8-16)17-5-3-2-4-6-17;/h2-6,14-16,21H,7-13H2,1H3;1H. The fourth-order valence-corrected chi connectivity index (χ4v) is 3.85. The molecular weight excluding hydrogens is 348 g/mol. The van der Waals surface area contributed by atoms with Gasteiger partial charge in [-0.3, -0.25) is 4.79 Å². The van der Waals surface area contributed by atoms with Gasteiger partial charge in [0.25, 0.3) is 5.91 Å². The summed E-state index contributed by atoms with van der Waals surface area (Å²) in [5.41, 5.74) is 2.95. The van der Waals surface area contributed by atoms with E-state index in [0.29, 0.717) is 11.8 Å². The highest BCUT2D eigenvalue weighted by molar-refractivity contribution is 5.95. The molecule has 2 aliphatic rings. The number of rotatable bonds is 5. The normalized spacial score (nSPS) is 17.8. The first-order valence-corrected chi connectivity index (χ1v) is 9.35. The van der Waals surface area contributed by atoms with E-state index in [0.717, 1.165) is 62.3 Å². The topological polar surface area (TPSA) is 50.2 Å². The molecule has 1 saturated carbocycles. The minimum atomic E-state index is 0. The molecule has 5 nitrogen and oxygen atoms in total. The van der Waals surface area contributed by atoms with E-state index < -0.39 is 0 Å². The first-order chi connectivity index (χ1) is 12.3. The number of likely N-dealkylation sites (tertiary alicyclic amines) is 1. The number of para-hydroxylation sites is 1. The van der Waals surface area contributed by atoms with Gasteiger partial charge in [0.05, 0.1) is 23.1 Å². The molecule has 0 unspecified atom stereocenters. The van der Waals surface area contributed by atoms with Crippen molar-refractivity contribution in [3.05, 3.63) is 47.8 Å². The van der Waals surface area contributed by atoms with E-state index in [2.05, 4.69) is 22.5 Å². The van der Waals surface area contributed by atoms with Gasteiger partial charge in [-0.05, 0) is 57.3 Å². The minimum absolute atomic E-state index is 0. The summed E-state index contributed by atoms with van der Waals surface area (Å²) in [7, 11) is 2.00. The van der Waals surface area contributed by atoms with E-state index >= 15 is 0 Å². The third kappa shape index (κ3) is 3.79. The Morgan fingerprint density at radius 2 is 1.85 bits per heavy atom. The van der Waals surface area contributed by atoms with E-state index in [1.165, 1.54) is 0 Å². The van der Waals surface area contributed by atoms with Crippen molar-refractivity contribution in [2.75, 3.05) is 26.7 Å². The number of amides is 1. The number of carbonyl (C=O) groups is 1. The fourth-order valence-electron chi connectivity index (χ4n) is 3.85. The van der Waals surface area contributed by atoms with Crippen LogP contribution in [0.15, 0.2) is 36.5 Å². The monoisotopic (exact) mass is 374 g/mol. The van der Waals surface area contributed by atoms with Crippen LogP contribution in [0.5, 0.6) is 0 Å². The quantitative estimate of drug-likeness (QED) is 0.874. The Labute approximate surface area is 161 Å². The number of carbonyl (C=O) groups excluding carboxylic acids is 1. The number of nitrogens with one attached hydrogen (secondary N) is 1. The van der Waals surface area contributed by atoms with Crippen molar-refractivity contribution < 1.29 is 4.79 Å². The lowest BCUT2D eigenvalue weighted by Crippen LogP contribution is -2.40. The van der Waals surface area contributed by atoms with Crippen molar-refractivity contribution in [2.45, 2.75) is 31.6 Å². The number of hydrogen-bond donors (Lipinski definition) is 1. The van der Waals surface area contributed by atoms with Crippen molar-refractivity contribution >= 4 is 18.3 Å². The Bertz CT molecular complexity index is 734. The van der Waals surface area contributed by atoms with Crippen LogP contribution in [-0.2, 0) is 0 Å². The molecule has 1 aliphatic carbocycles. The Morgan fingerprint density at radius 3 is 2.46 bits per heavy atom. The van der Waals surface area contributed by atoms with Crippen LogP contribution in [0.4, 0.5) is 0 Å². The molecule has 1 amide bonds. The lowest BCUT2D eigenvalue weighted by atomic mass is 9.96. The summed E-state index contributed by atoms with van der Waals surface area (Å²) < 4.78 is 1.97. The summed E-state index contributed by atoms with van der Waals surface area (Å²) >= 11 is 0. The lowest BCUT2D eigenvalue weighted by molar-refractivity contribution is 0.0689. The molecule has 2 fully saturated rings. The highest BCUT2D eigenvalue weighted by Gasteiger charge is 2.34. The molecule has 0 bridgehead atoms. The molecule has 26 heavy (non-hydrogen) atoms. The molecule has 2 aromatic rings. The molecule has 2 heterocycles. The van der Waals surface area contributed by atoms with E-state index in [4.69, 9.17) is 0 Å². The second kappa shape index (κ2) is 8.23. The van der Waals surface area contributed by atoms with Gasteiger partial charge in [0.15, 0.2) is 0 Å². The zero-order valence-electron chi connectivity index (χ0n) is 15.2. The smallest absolute Gasteiger partial charge is 0.257 e. The van der Waals surface area contributed by atoms with E-state index in [9.17, 15) is 4.79 Å². The lowest BCUT2D eigenvalue weighted by Gasteiger charge is -2.32. The molecule has 0 radical (unpaired) electrons. The number of nitrogens with zero attached hydrogens (tertiary/aromatic N) is 3. The summed E-state index contributed by atoms with van der Waals surface area (Å²) in [4.78, 5) is 15.1. The molecule has 6 heteroatoms. The third-order valence-corrected chi connectivity index (χ3v) is 5.40. The molecule has 4 rings (SSSR count). The molecule has 140 valence electrons. The van der Waals surface area contributed by atoms with Crippen molar-refractivity contribution in [1.29, 1.82) is 0 Å². The maximum atomic E-state index is 13.1. The molecular formula is C20H27ClN4O. The Hall–Kier alpha value is -1.85. The summed E-state index contributed by atoms with van der Waals surface area (Å²) in [6, 6.07) is 10.1. The molecule has 0 spiro atoms. The zero-order valence-corrected chi connectivity index (χ0v) is 16.0. The number of hydrogen-bond acceptors (Lipinski definition) is 3. The van der Waals surface area contributed by atoms with Crippen LogP contribution < -0.4 is 5.32 Å². The molecule has 1 N–H and O–H groups in total. The molecule has 1 aromatic carbocycles. The first kappa shape index (κ1) is 18.9. The van der Waals surface area contributed by atoms with Gasteiger partial charge in [-0.2, -0.15) is 5.10 Å². The number of halogens is 1. The highest BCUT2D eigenvalue weighted by Crippen LogP contribution is 2.42. The van der Waals surface area contributed by atoms with Crippen molar-refractivity contribution in [3.63, 3.8) is 0 Å². The second-order valence-electron chi connectivity index (χ2n) is 7.26. The maximum absolute atomic E-state index is 13.1. The third-order valence-electron chi connectivity index (χ3n) is 5.40. The average molecular weight is 375 g/mol. The predicted molar refractivity (Wildman–Crippen MR) is 105 cm³/mol. The SMILES string of the molecule is CNCC1CCN(C(=O)c2cnn(-c3ccccc3)c2C2CC2)CC1.Cl. The van der Waals surface area contributed by atoms with Crippen molar-refractivity contribution in [3.8, 4) is 5.69 Å². The Morgan fingerprint density at radius 1 is 1.15 bits per heavy atom. The predicted octanol–water partition coefficient (Wildman–Crippen LogP) is 3.24. The van der Waals surface area contributed by atoms with Crippen LogP contribution in [0.25, 0.3) is 5.69 Å². The number of aromatic nitrogens is 2. The Kier molecular flexibility index (Phi) is 5.99. The van der Waals surface area contributed by atoms with Gasteiger partial charge >= 0.3 is 0 Å². The van der Waals surface area contributed by atoms with Crippen LogP contribution in [0.1, 0.15) is 47.7 Å². The van der Waals surface area contributed by atoms with E-state index in [1.807, 2.05) is 34.8 Å². The van der Waals surface area contributed by atoms with E-state index in [1.54, 1.807) is 6.20 Å². The molecule has 0 atom stereocenters. The number of benzene rings is 1. The summed E-state index contributed by atoms with van der Waals surface area (Å²) in [5, 5.41) is 7.82. The fraction of sp³-hybridized carbons (Fsp3) is 0.500. The number of piperidine rings is 1. The van der Waals surface area contributed by atoms with Gasteiger partial charge < -0.3 is 10.2 Å². The van der Waals surface area contributed by atoms with Crippen LogP contribution in [0.3, 0.4) is 0 Å². The van der Waals surface area contributed by atoms with Gasteiger partial charge in [-0.15, -0.1) is 12.4 Å². The van der Waals surface area contributed by atoms with Gasteiger partial charge in [0, 0.05) is 19.0 Å². The molecule has 1 saturated heterocycles. The van der Waals surface area contributed by atoms with Crippen molar-refractivity contribution in [2.24, 2.45) is 5.92 Å². The highest BCUT2D eigenvalue weighted by atomic mass is 35.5. The van der Waals surface area contributed by atoms with Crippen LogP contribution >= 0.6 is 12.4 Å². The van der Waals surface area contributed by atoms with E-state index in [-0.39, 0.29) is 18.3 Å². The van der Waals surface area contributed by atoms with Crippen LogP contribution in [0.2, 0.25) is 0 Å². The van der Waals surface area contributed by atoms with Gasteiger partial charge in [0.2, 0.25) is 0 Å². The average Bonchev–Trinajstić information content (AvgIpc) is 3.41. The molecule has 1 aliphatic heterocycles. The van der Waals surface area contributed by atoms with Crippen molar-refractivity contribution in [1.82, 2.24) is 20.0 Å². The minimum Gasteiger partial charge on any atom is -0.339 e. The molecule has 1 aromatic heterocycles. The van der Waals surface area contributed by atoms with Crippen LogP contribution in [0, 0.1) is 5.92 Å². The summed E-state index contributed by atoms with van der Waals surface area (Å²) in [5.74, 6) is 1.32. The summed E-state index contributed by atoms with van der Waals surface area (Å²) in [6.45, 7) is 2.75. The zero-order chi connectivity index (χ0) is 17.2. The largest absolute Gasteiger partial charge is 0.339 e. The Balaban J connectivity index is 0.00000196. The van der Waals surface area contributed by atoms with Gasteiger partial charge in [-0.25, -0.2) is 4.68 Å². The van der Waals surface area contributed by atoms with Gasteiger partial charge in [0.1, 0.15) is 0 Å². The van der Waals surface area contributed by atoms with Gasteiger partial charge in [-0.1, -0.05) is 18.2 Å². The first-order valence-electron chi connectivity index (χ1n) is 9.35. The second-order valence-corrected chi connectivity index (χ2v) is 7.26.